The van der Waals surface area contributed by atoms with Gasteiger partial charge in [0.15, 0.2) is 5.82 Å². The van der Waals surface area contributed by atoms with E-state index in [1.54, 1.807) is 6.20 Å². The number of likely N-dealkylation sites (tertiary alicyclic amines) is 1. The van der Waals surface area contributed by atoms with E-state index in [4.69, 9.17) is 10.3 Å². The Morgan fingerprint density at radius 1 is 1.04 bits per heavy atom. The van der Waals surface area contributed by atoms with Crippen LogP contribution in [-0.4, -0.2) is 39.7 Å². The SMILES string of the molecule is NCC1(c2nc(Cc3cccnc3)no2)CCN(Cc2ccccc2)CC1. The Kier molecular flexibility index (Phi) is 5.27. The highest BCUT2D eigenvalue weighted by Crippen LogP contribution is 2.34. The van der Waals surface area contributed by atoms with Crippen molar-refractivity contribution >= 4 is 0 Å². The number of aromatic nitrogens is 3. The Bertz CT molecular complexity index is 841. The fourth-order valence-corrected chi connectivity index (χ4v) is 3.71. The van der Waals surface area contributed by atoms with Gasteiger partial charge in [-0.1, -0.05) is 41.6 Å². The van der Waals surface area contributed by atoms with E-state index in [2.05, 4.69) is 50.4 Å². The van der Waals surface area contributed by atoms with Crippen LogP contribution in [0.2, 0.25) is 0 Å². The smallest absolute Gasteiger partial charge is 0.234 e. The van der Waals surface area contributed by atoms with Gasteiger partial charge in [-0.05, 0) is 43.1 Å². The van der Waals surface area contributed by atoms with E-state index in [-0.39, 0.29) is 5.41 Å². The lowest BCUT2D eigenvalue weighted by molar-refractivity contribution is 0.130. The van der Waals surface area contributed by atoms with Crippen LogP contribution in [0.15, 0.2) is 59.4 Å². The van der Waals surface area contributed by atoms with Gasteiger partial charge in [0, 0.05) is 31.9 Å². The Morgan fingerprint density at radius 3 is 2.52 bits per heavy atom. The van der Waals surface area contributed by atoms with Crippen molar-refractivity contribution in [1.29, 1.82) is 0 Å². The van der Waals surface area contributed by atoms with Gasteiger partial charge in [0.2, 0.25) is 5.89 Å². The molecule has 0 spiro atoms. The summed E-state index contributed by atoms with van der Waals surface area (Å²) < 4.78 is 5.64. The van der Waals surface area contributed by atoms with Crippen LogP contribution >= 0.6 is 0 Å². The van der Waals surface area contributed by atoms with Gasteiger partial charge in [-0.2, -0.15) is 4.98 Å². The molecule has 0 unspecified atom stereocenters. The predicted molar refractivity (Wildman–Crippen MR) is 103 cm³/mol. The molecule has 6 nitrogen and oxygen atoms in total. The summed E-state index contributed by atoms with van der Waals surface area (Å²) in [6.45, 7) is 3.46. The molecule has 0 saturated carbocycles. The van der Waals surface area contributed by atoms with Crippen molar-refractivity contribution < 1.29 is 4.52 Å². The van der Waals surface area contributed by atoms with Gasteiger partial charge in [-0.25, -0.2) is 0 Å². The average Bonchev–Trinajstić information content (AvgIpc) is 3.19. The monoisotopic (exact) mass is 363 g/mol. The second-order valence-corrected chi connectivity index (χ2v) is 7.30. The van der Waals surface area contributed by atoms with Crippen molar-refractivity contribution in [3.05, 3.63) is 77.7 Å². The minimum absolute atomic E-state index is 0.215. The molecule has 0 aliphatic carbocycles. The van der Waals surface area contributed by atoms with E-state index >= 15 is 0 Å². The van der Waals surface area contributed by atoms with E-state index in [1.165, 1.54) is 5.56 Å². The number of piperidine rings is 1. The molecule has 140 valence electrons. The van der Waals surface area contributed by atoms with Crippen molar-refractivity contribution in [3.63, 3.8) is 0 Å². The van der Waals surface area contributed by atoms with Gasteiger partial charge in [0.1, 0.15) is 0 Å². The van der Waals surface area contributed by atoms with Gasteiger partial charge >= 0.3 is 0 Å². The molecular formula is C21H25N5O. The summed E-state index contributed by atoms with van der Waals surface area (Å²) in [6.07, 6.45) is 6.09. The Balaban J connectivity index is 1.42. The molecule has 1 fully saturated rings. The molecule has 1 aliphatic heterocycles. The number of hydrogen-bond acceptors (Lipinski definition) is 6. The zero-order valence-corrected chi connectivity index (χ0v) is 15.4. The van der Waals surface area contributed by atoms with Crippen molar-refractivity contribution in [1.82, 2.24) is 20.0 Å². The predicted octanol–water partition coefficient (Wildman–Crippen LogP) is 2.55. The third-order valence-electron chi connectivity index (χ3n) is 5.46. The first-order valence-corrected chi connectivity index (χ1v) is 9.46. The lowest BCUT2D eigenvalue weighted by Crippen LogP contribution is -2.46. The van der Waals surface area contributed by atoms with E-state index in [0.29, 0.717) is 24.7 Å². The van der Waals surface area contributed by atoms with E-state index in [1.807, 2.05) is 18.3 Å². The highest BCUT2D eigenvalue weighted by atomic mass is 16.5. The molecule has 0 bridgehead atoms. The molecule has 4 rings (SSSR count). The first kappa shape index (κ1) is 17.8. The van der Waals surface area contributed by atoms with Crippen LogP contribution in [0.25, 0.3) is 0 Å². The minimum atomic E-state index is -0.215. The zero-order valence-electron chi connectivity index (χ0n) is 15.4. The minimum Gasteiger partial charge on any atom is -0.339 e. The van der Waals surface area contributed by atoms with Gasteiger partial charge in [0.25, 0.3) is 0 Å². The fraction of sp³-hybridized carbons (Fsp3) is 0.381. The number of benzene rings is 1. The van der Waals surface area contributed by atoms with Crippen LogP contribution in [0, 0.1) is 0 Å². The zero-order chi connectivity index (χ0) is 18.5. The molecular weight excluding hydrogens is 338 g/mol. The van der Waals surface area contributed by atoms with Crippen molar-refractivity contribution in [2.24, 2.45) is 5.73 Å². The summed E-state index contributed by atoms with van der Waals surface area (Å²) in [5.41, 5.74) is 8.37. The maximum atomic E-state index is 6.17. The largest absolute Gasteiger partial charge is 0.339 e. The summed E-state index contributed by atoms with van der Waals surface area (Å²) in [5, 5.41) is 4.18. The maximum Gasteiger partial charge on any atom is 0.234 e. The van der Waals surface area contributed by atoms with Gasteiger partial charge in [-0.15, -0.1) is 0 Å². The number of rotatable bonds is 6. The van der Waals surface area contributed by atoms with Gasteiger partial charge < -0.3 is 10.3 Å². The van der Waals surface area contributed by atoms with E-state index < -0.39 is 0 Å². The topological polar surface area (TPSA) is 81.1 Å². The van der Waals surface area contributed by atoms with Crippen LogP contribution < -0.4 is 5.73 Å². The molecule has 3 heterocycles. The third-order valence-corrected chi connectivity index (χ3v) is 5.46. The standard InChI is InChI=1S/C21H25N5O/c22-16-21(8-11-26(12-9-21)15-17-5-2-1-3-6-17)20-24-19(25-27-20)13-18-7-4-10-23-14-18/h1-7,10,14H,8-9,11-13,15-16,22H2. The molecule has 0 amide bonds. The highest BCUT2D eigenvalue weighted by molar-refractivity contribution is 5.17. The summed E-state index contributed by atoms with van der Waals surface area (Å²) in [4.78, 5) is 11.3. The normalized spacial score (nSPS) is 17.1. The summed E-state index contributed by atoms with van der Waals surface area (Å²) >= 11 is 0. The van der Waals surface area contributed by atoms with Crippen LogP contribution in [0.4, 0.5) is 0 Å². The molecule has 6 heteroatoms. The Morgan fingerprint density at radius 2 is 1.81 bits per heavy atom. The second kappa shape index (κ2) is 7.98. The number of nitrogens with zero attached hydrogens (tertiary/aromatic N) is 4. The summed E-state index contributed by atoms with van der Waals surface area (Å²) in [5.74, 6) is 1.38. The van der Waals surface area contributed by atoms with Crippen molar-refractivity contribution in [3.8, 4) is 0 Å². The summed E-state index contributed by atoms with van der Waals surface area (Å²) in [6, 6.07) is 14.5. The van der Waals surface area contributed by atoms with Crippen LogP contribution in [0.5, 0.6) is 0 Å². The molecule has 1 aliphatic rings. The first-order chi connectivity index (χ1) is 13.3. The fourth-order valence-electron chi connectivity index (χ4n) is 3.71. The van der Waals surface area contributed by atoms with Gasteiger partial charge in [-0.3, -0.25) is 9.88 Å². The van der Waals surface area contributed by atoms with Crippen LogP contribution in [-0.2, 0) is 18.4 Å². The van der Waals surface area contributed by atoms with Crippen LogP contribution in [0.3, 0.4) is 0 Å². The molecule has 0 radical (unpaired) electrons. The number of hydrogen-bond donors (Lipinski definition) is 1. The number of nitrogens with two attached hydrogens (primary N) is 1. The maximum absolute atomic E-state index is 6.17. The Hall–Kier alpha value is -2.57. The van der Waals surface area contributed by atoms with Crippen molar-refractivity contribution in [2.45, 2.75) is 31.2 Å². The van der Waals surface area contributed by atoms with Crippen molar-refractivity contribution in [2.75, 3.05) is 19.6 Å². The van der Waals surface area contributed by atoms with E-state index in [0.717, 1.165) is 38.0 Å². The number of pyridine rings is 1. The quantitative estimate of drug-likeness (QED) is 0.725. The lowest BCUT2D eigenvalue weighted by atomic mass is 9.78. The molecule has 2 N–H and O–H groups in total. The second-order valence-electron chi connectivity index (χ2n) is 7.30. The Labute approximate surface area is 159 Å². The molecule has 0 atom stereocenters. The molecule has 3 aromatic rings. The highest BCUT2D eigenvalue weighted by Gasteiger charge is 2.40. The molecule has 1 saturated heterocycles. The summed E-state index contributed by atoms with van der Waals surface area (Å²) in [7, 11) is 0. The average molecular weight is 363 g/mol. The molecule has 27 heavy (non-hydrogen) atoms. The van der Waals surface area contributed by atoms with Crippen LogP contribution in [0.1, 0.15) is 35.7 Å². The first-order valence-electron chi connectivity index (χ1n) is 9.46. The molecule has 1 aromatic carbocycles. The van der Waals surface area contributed by atoms with E-state index in [9.17, 15) is 0 Å². The lowest BCUT2D eigenvalue weighted by Gasteiger charge is -2.38. The third kappa shape index (κ3) is 4.07. The van der Waals surface area contributed by atoms with Gasteiger partial charge in [0.05, 0.1) is 5.41 Å². The molecule has 2 aromatic heterocycles.